The Morgan fingerprint density at radius 1 is 1.35 bits per heavy atom. The Bertz CT molecular complexity index is 650. The van der Waals surface area contributed by atoms with E-state index >= 15 is 0 Å². The number of nitrogens with one attached hydrogen (secondary N) is 1. The normalized spacial score (nSPS) is 20.9. The van der Waals surface area contributed by atoms with Gasteiger partial charge in [-0.15, -0.1) is 0 Å². The van der Waals surface area contributed by atoms with Crippen LogP contribution >= 0.6 is 0 Å². The minimum atomic E-state index is -3.29. The van der Waals surface area contributed by atoms with Gasteiger partial charge in [-0.1, -0.05) is 6.07 Å². The van der Waals surface area contributed by atoms with Gasteiger partial charge in [-0.25, -0.2) is 8.42 Å². The van der Waals surface area contributed by atoms with Crippen molar-refractivity contribution in [2.45, 2.75) is 23.3 Å². The monoisotopic (exact) mass is 294 g/mol. The molecule has 1 aliphatic heterocycles. The highest BCUT2D eigenvalue weighted by Crippen LogP contribution is 2.43. The van der Waals surface area contributed by atoms with Gasteiger partial charge in [0.05, 0.1) is 10.4 Å². The van der Waals surface area contributed by atoms with Gasteiger partial charge in [0.15, 0.2) is 9.84 Å². The average Bonchev–Trinajstić information content (AvgIpc) is 3.18. The molecule has 0 atom stereocenters. The molecule has 2 aliphatic rings. The Hall–Kier alpha value is -1.40. The number of amides is 1. The fourth-order valence-electron chi connectivity index (χ4n) is 2.77. The topological polar surface area (TPSA) is 66.5 Å². The quantitative estimate of drug-likeness (QED) is 0.870. The summed E-state index contributed by atoms with van der Waals surface area (Å²) in [6, 6.07) is 6.33. The number of piperazine rings is 1. The van der Waals surface area contributed by atoms with Crippen molar-refractivity contribution in [2.75, 3.05) is 25.9 Å². The molecule has 2 fully saturated rings. The van der Waals surface area contributed by atoms with Gasteiger partial charge in [0.1, 0.15) is 0 Å². The van der Waals surface area contributed by atoms with Crippen LogP contribution in [0.1, 0.15) is 23.2 Å². The molecule has 0 unspecified atom stereocenters. The molecule has 1 aromatic rings. The molecule has 0 bridgehead atoms. The molecule has 1 amide bonds. The van der Waals surface area contributed by atoms with Gasteiger partial charge in [0, 0.05) is 31.5 Å². The summed E-state index contributed by atoms with van der Waals surface area (Å²) in [5.74, 6) is -0.0606. The van der Waals surface area contributed by atoms with E-state index in [1.54, 1.807) is 12.1 Å². The second kappa shape index (κ2) is 4.56. The summed E-state index contributed by atoms with van der Waals surface area (Å²) in [6.07, 6.45) is 3.21. The van der Waals surface area contributed by atoms with E-state index in [2.05, 4.69) is 5.32 Å². The average molecular weight is 294 g/mol. The number of sulfone groups is 1. The van der Waals surface area contributed by atoms with Crippen LogP contribution in [0.5, 0.6) is 0 Å². The first kappa shape index (κ1) is 13.6. The molecule has 5 nitrogen and oxygen atoms in total. The molecule has 1 spiro atoms. The van der Waals surface area contributed by atoms with E-state index < -0.39 is 9.84 Å². The number of hydrogen-bond donors (Lipinski definition) is 1. The zero-order valence-corrected chi connectivity index (χ0v) is 12.2. The lowest BCUT2D eigenvalue weighted by Gasteiger charge is -2.37. The predicted molar refractivity (Wildman–Crippen MR) is 75.4 cm³/mol. The van der Waals surface area contributed by atoms with Crippen molar-refractivity contribution in [2.24, 2.45) is 0 Å². The van der Waals surface area contributed by atoms with E-state index in [0.717, 1.165) is 32.2 Å². The van der Waals surface area contributed by atoms with E-state index in [1.807, 2.05) is 4.90 Å². The molecule has 1 aromatic carbocycles. The van der Waals surface area contributed by atoms with Crippen LogP contribution in [-0.2, 0) is 9.84 Å². The molecule has 108 valence electrons. The summed E-state index contributed by atoms with van der Waals surface area (Å²) in [7, 11) is -3.29. The SMILES string of the molecule is CS(=O)(=O)c1cccc(C(=O)N2CCNCC23CC3)c1. The highest BCUT2D eigenvalue weighted by atomic mass is 32.2. The van der Waals surface area contributed by atoms with Gasteiger partial charge in [-0.05, 0) is 31.0 Å². The van der Waals surface area contributed by atoms with Crippen molar-refractivity contribution in [3.05, 3.63) is 29.8 Å². The van der Waals surface area contributed by atoms with Crippen LogP contribution in [0.3, 0.4) is 0 Å². The highest BCUT2D eigenvalue weighted by Gasteiger charge is 2.51. The zero-order valence-electron chi connectivity index (χ0n) is 11.4. The van der Waals surface area contributed by atoms with Gasteiger partial charge in [-0.2, -0.15) is 0 Å². The van der Waals surface area contributed by atoms with Crippen LogP contribution in [0.15, 0.2) is 29.2 Å². The van der Waals surface area contributed by atoms with Crippen LogP contribution in [0.2, 0.25) is 0 Å². The van der Waals surface area contributed by atoms with Gasteiger partial charge in [-0.3, -0.25) is 4.79 Å². The number of nitrogens with zero attached hydrogens (tertiary/aromatic N) is 1. The Morgan fingerprint density at radius 3 is 2.75 bits per heavy atom. The minimum Gasteiger partial charge on any atom is -0.330 e. The van der Waals surface area contributed by atoms with Crippen LogP contribution < -0.4 is 5.32 Å². The standard InChI is InChI=1S/C14H18N2O3S/c1-20(18,19)12-4-2-3-11(9-12)13(17)16-8-7-15-10-14(16)5-6-14/h2-4,9,15H,5-8,10H2,1H3. The van der Waals surface area contributed by atoms with E-state index in [4.69, 9.17) is 0 Å². The van der Waals surface area contributed by atoms with Gasteiger partial charge in [0.2, 0.25) is 0 Å². The van der Waals surface area contributed by atoms with Crippen molar-refractivity contribution >= 4 is 15.7 Å². The summed E-state index contributed by atoms with van der Waals surface area (Å²) in [5.41, 5.74) is 0.428. The molecule has 6 heteroatoms. The molecule has 20 heavy (non-hydrogen) atoms. The van der Waals surface area contributed by atoms with Gasteiger partial charge < -0.3 is 10.2 Å². The third kappa shape index (κ3) is 2.33. The lowest BCUT2D eigenvalue weighted by atomic mass is 10.1. The molecule has 1 saturated heterocycles. The van der Waals surface area contributed by atoms with Crippen LogP contribution in [-0.4, -0.2) is 50.7 Å². The molecule has 3 rings (SSSR count). The third-order valence-corrected chi connectivity index (χ3v) is 5.23. The highest BCUT2D eigenvalue weighted by molar-refractivity contribution is 7.90. The van der Waals surface area contributed by atoms with Crippen LogP contribution in [0.4, 0.5) is 0 Å². The van der Waals surface area contributed by atoms with E-state index in [1.165, 1.54) is 12.1 Å². The van der Waals surface area contributed by atoms with E-state index in [0.29, 0.717) is 12.1 Å². The van der Waals surface area contributed by atoms with Crippen molar-refractivity contribution in [3.63, 3.8) is 0 Å². The Balaban J connectivity index is 1.91. The maximum atomic E-state index is 12.6. The van der Waals surface area contributed by atoms with E-state index in [9.17, 15) is 13.2 Å². The smallest absolute Gasteiger partial charge is 0.254 e. The van der Waals surface area contributed by atoms with Gasteiger partial charge in [0.25, 0.3) is 5.91 Å². The molecule has 1 saturated carbocycles. The molecular formula is C14H18N2O3S. The van der Waals surface area contributed by atoms with Crippen molar-refractivity contribution < 1.29 is 13.2 Å². The second-order valence-electron chi connectivity index (χ2n) is 5.66. The van der Waals surface area contributed by atoms with Crippen LogP contribution in [0.25, 0.3) is 0 Å². The first-order valence-electron chi connectivity index (χ1n) is 6.75. The molecule has 0 aromatic heterocycles. The summed E-state index contributed by atoms with van der Waals surface area (Å²) in [5, 5.41) is 3.32. The molecule has 1 aliphatic carbocycles. The summed E-state index contributed by atoms with van der Waals surface area (Å²) < 4.78 is 23.2. The number of benzene rings is 1. The minimum absolute atomic E-state index is 0.0313. The van der Waals surface area contributed by atoms with Crippen LogP contribution in [0, 0.1) is 0 Å². The lowest BCUT2D eigenvalue weighted by molar-refractivity contribution is 0.0600. The molecule has 1 heterocycles. The first-order valence-corrected chi connectivity index (χ1v) is 8.64. The van der Waals surface area contributed by atoms with Crippen molar-refractivity contribution in [3.8, 4) is 0 Å². The fourth-order valence-corrected chi connectivity index (χ4v) is 3.43. The molecular weight excluding hydrogens is 276 g/mol. The van der Waals surface area contributed by atoms with Crippen molar-refractivity contribution in [1.29, 1.82) is 0 Å². The second-order valence-corrected chi connectivity index (χ2v) is 7.67. The maximum Gasteiger partial charge on any atom is 0.254 e. The number of hydrogen-bond acceptors (Lipinski definition) is 4. The number of rotatable bonds is 2. The number of carbonyl (C=O) groups is 1. The van der Waals surface area contributed by atoms with E-state index in [-0.39, 0.29) is 16.3 Å². The Labute approximate surface area is 118 Å². The summed E-state index contributed by atoms with van der Waals surface area (Å²) in [6.45, 7) is 2.31. The summed E-state index contributed by atoms with van der Waals surface area (Å²) in [4.78, 5) is 14.7. The predicted octanol–water partition coefficient (Wildman–Crippen LogP) is 0.668. The Morgan fingerprint density at radius 2 is 2.10 bits per heavy atom. The molecule has 1 N–H and O–H groups in total. The third-order valence-electron chi connectivity index (χ3n) is 4.12. The Kier molecular flexibility index (Phi) is 3.10. The number of carbonyl (C=O) groups excluding carboxylic acids is 1. The van der Waals surface area contributed by atoms with Gasteiger partial charge >= 0.3 is 0 Å². The maximum absolute atomic E-state index is 12.6. The molecule has 0 radical (unpaired) electrons. The lowest BCUT2D eigenvalue weighted by Crippen LogP contribution is -2.55. The fraction of sp³-hybridized carbons (Fsp3) is 0.500. The first-order chi connectivity index (χ1) is 9.42. The summed E-state index contributed by atoms with van der Waals surface area (Å²) >= 11 is 0. The largest absolute Gasteiger partial charge is 0.330 e. The zero-order chi connectivity index (χ0) is 14.4. The van der Waals surface area contributed by atoms with Crippen molar-refractivity contribution in [1.82, 2.24) is 10.2 Å².